The van der Waals surface area contributed by atoms with Crippen molar-refractivity contribution < 1.29 is 18.9 Å². The van der Waals surface area contributed by atoms with Crippen molar-refractivity contribution in [3.05, 3.63) is 247 Å². The average Bonchev–Trinajstić information content (AvgIpc) is 4.00. The van der Waals surface area contributed by atoms with Crippen molar-refractivity contribution in [2.24, 2.45) is 0 Å². The van der Waals surface area contributed by atoms with E-state index in [-0.39, 0.29) is 0 Å². The maximum absolute atomic E-state index is 9.31. The summed E-state index contributed by atoms with van der Waals surface area (Å²) >= 11 is 3.44. The molecule has 342 valence electrons. The molecule has 0 aliphatic heterocycles. The summed E-state index contributed by atoms with van der Waals surface area (Å²) in [5, 5.41) is 29.5. The van der Waals surface area contributed by atoms with Crippen LogP contribution < -0.4 is 16.1 Å². The third-order valence-electron chi connectivity index (χ3n) is 11.7. The summed E-state index contributed by atoms with van der Waals surface area (Å²) in [4.78, 5) is 0. The zero-order valence-electron chi connectivity index (χ0n) is 38.8. The zero-order chi connectivity index (χ0) is 48.2. The minimum atomic E-state index is -1.48. The fraction of sp³-hybridized carbons (Fsp3) is 0.0323. The lowest BCUT2D eigenvalue weighted by atomic mass is 9.77. The number of furan rings is 2. The van der Waals surface area contributed by atoms with Crippen LogP contribution in [-0.4, -0.2) is 17.2 Å². The fourth-order valence-electron chi connectivity index (χ4n) is 8.39. The largest absolute Gasteiger partial charge is 0.489 e. The minimum Gasteiger partial charge on any atom is -0.456 e. The van der Waals surface area contributed by atoms with Crippen molar-refractivity contribution in [2.45, 2.75) is 13.8 Å². The van der Waals surface area contributed by atoms with Crippen LogP contribution in [0.25, 0.3) is 77.3 Å². The second-order valence-electron chi connectivity index (χ2n) is 16.2. The first kappa shape index (κ1) is 47.0. The van der Waals surface area contributed by atoms with Crippen molar-refractivity contribution in [2.75, 3.05) is 10.6 Å². The Hall–Kier alpha value is -8.14. The first-order chi connectivity index (χ1) is 34.4. The molecule has 4 N–H and O–H groups in total. The molecule has 0 bridgehead atoms. The molecule has 6 nitrogen and oxygen atoms in total. The molecule has 2 aromatic heterocycles. The van der Waals surface area contributed by atoms with Crippen molar-refractivity contribution >= 4 is 95.1 Å². The minimum absolute atomic E-state index is 0.474. The summed E-state index contributed by atoms with van der Waals surface area (Å²) in [5.74, 6) is 0. The molecule has 0 spiro atoms. The summed E-state index contributed by atoms with van der Waals surface area (Å²) < 4.78 is 12.8. The van der Waals surface area contributed by atoms with Crippen LogP contribution in [0.4, 0.5) is 22.7 Å². The Labute approximate surface area is 416 Å². The number of rotatable bonds is 8. The van der Waals surface area contributed by atoms with Crippen molar-refractivity contribution in [3.63, 3.8) is 0 Å². The van der Waals surface area contributed by atoms with E-state index in [1.165, 1.54) is 38.8 Å². The van der Waals surface area contributed by atoms with Crippen molar-refractivity contribution in [1.82, 2.24) is 0 Å². The van der Waals surface area contributed by atoms with Gasteiger partial charge in [-0.25, -0.2) is 0 Å². The number of hydrogen-bond donors (Lipinski definition) is 4. The van der Waals surface area contributed by atoms with Gasteiger partial charge in [-0.15, -0.1) is 0 Å². The molecule has 70 heavy (non-hydrogen) atoms. The third kappa shape index (κ3) is 10.9. The number of para-hydroxylation sites is 2. The van der Waals surface area contributed by atoms with Gasteiger partial charge in [-0.3, -0.25) is 0 Å². The van der Waals surface area contributed by atoms with E-state index in [4.69, 9.17) is 8.83 Å². The molecule has 0 aliphatic carbocycles. The van der Waals surface area contributed by atoms with Crippen LogP contribution in [0.2, 0.25) is 0 Å². The first-order valence-electron chi connectivity index (χ1n) is 23.3. The van der Waals surface area contributed by atoms with Gasteiger partial charge < -0.3 is 29.5 Å². The van der Waals surface area contributed by atoms with Gasteiger partial charge in [0.15, 0.2) is 0 Å². The molecule has 12 aromatic rings. The number of hydrogen-bond acceptors (Lipinski definition) is 6. The summed E-state index contributed by atoms with van der Waals surface area (Å²) in [6.07, 6.45) is 0. The first-order valence-corrected chi connectivity index (χ1v) is 24.1. The maximum Gasteiger partial charge on any atom is 0.489 e. The van der Waals surface area contributed by atoms with Crippen LogP contribution in [0.1, 0.15) is 13.8 Å². The second-order valence-corrected chi connectivity index (χ2v) is 17.1. The highest BCUT2D eigenvalue weighted by Gasteiger charge is 2.18. The van der Waals surface area contributed by atoms with E-state index in [9.17, 15) is 10.0 Å². The second kappa shape index (κ2) is 22.3. The van der Waals surface area contributed by atoms with E-state index in [2.05, 4.69) is 184 Å². The molecule has 0 amide bonds. The Balaban J connectivity index is 0.000000137. The predicted molar refractivity (Wildman–Crippen MR) is 299 cm³/mol. The predicted octanol–water partition coefficient (Wildman–Crippen LogP) is 16.8. The van der Waals surface area contributed by atoms with Gasteiger partial charge in [0.05, 0.1) is 0 Å². The quantitative estimate of drug-likeness (QED) is 0.113. The number of nitrogens with one attached hydrogen (secondary N) is 2. The Morgan fingerprint density at radius 2 is 0.700 bits per heavy atom. The van der Waals surface area contributed by atoms with E-state index >= 15 is 0 Å². The van der Waals surface area contributed by atoms with E-state index in [0.29, 0.717) is 11.0 Å². The number of halogens is 1. The van der Waals surface area contributed by atoms with E-state index in [1.54, 1.807) is 12.1 Å². The molecule has 0 saturated carbocycles. The van der Waals surface area contributed by atoms with Gasteiger partial charge in [0.1, 0.15) is 22.3 Å². The van der Waals surface area contributed by atoms with Crippen LogP contribution in [0.5, 0.6) is 0 Å². The molecular weight excluding hydrogens is 927 g/mol. The number of anilines is 4. The molecule has 0 radical (unpaired) electrons. The van der Waals surface area contributed by atoms with Gasteiger partial charge in [0, 0.05) is 48.8 Å². The molecule has 12 rings (SSSR count). The lowest BCUT2D eigenvalue weighted by Gasteiger charge is -2.10. The Bertz CT molecular complexity index is 3580. The molecule has 0 saturated heterocycles. The number of benzene rings is 10. The van der Waals surface area contributed by atoms with E-state index < -0.39 is 7.12 Å². The van der Waals surface area contributed by atoms with Gasteiger partial charge in [0.25, 0.3) is 0 Å². The van der Waals surface area contributed by atoms with Crippen molar-refractivity contribution in [1.29, 1.82) is 0 Å². The monoisotopic (exact) mass is 976 g/mol. The van der Waals surface area contributed by atoms with Gasteiger partial charge in [-0.05, 0) is 124 Å². The van der Waals surface area contributed by atoms with Crippen LogP contribution in [-0.2, 0) is 0 Å². The highest BCUT2D eigenvalue weighted by Crippen LogP contribution is 2.37. The van der Waals surface area contributed by atoms with E-state index in [1.807, 2.05) is 86.6 Å². The molecule has 0 unspecified atom stereocenters. The molecule has 8 heteroatoms. The Kier molecular flexibility index (Phi) is 15.0. The molecule has 2 heterocycles. The SMILES string of the molecule is Brc1ccc(Nc2ccc(-c3ccccc3)cc2)cc1.CC.OB(O)c1cccc2oc3ccccc3c12.c1ccc(-c2ccc(Nc3ccc(-c4cccc5oc6ccccc6c45)cc3)cc2)cc1. The fourth-order valence-corrected chi connectivity index (χ4v) is 8.65. The number of fused-ring (bicyclic) bond motifs is 6. The van der Waals surface area contributed by atoms with Crippen LogP contribution >= 0.6 is 15.9 Å². The van der Waals surface area contributed by atoms with Crippen LogP contribution in [0, 0.1) is 0 Å². The summed E-state index contributed by atoms with van der Waals surface area (Å²) in [5.41, 5.74) is 15.3. The third-order valence-corrected chi connectivity index (χ3v) is 12.2. The molecule has 10 aromatic carbocycles. The Morgan fingerprint density at radius 1 is 0.343 bits per heavy atom. The highest BCUT2D eigenvalue weighted by atomic mass is 79.9. The average molecular weight is 978 g/mol. The van der Waals surface area contributed by atoms with E-state index in [0.717, 1.165) is 60.1 Å². The lowest BCUT2D eigenvalue weighted by Crippen LogP contribution is -2.30. The summed E-state index contributed by atoms with van der Waals surface area (Å²) in [7, 11) is -1.48. The van der Waals surface area contributed by atoms with Gasteiger partial charge in [-0.2, -0.15) is 0 Å². The van der Waals surface area contributed by atoms with Crippen LogP contribution in [0.15, 0.2) is 256 Å². The topological polar surface area (TPSA) is 90.8 Å². The van der Waals surface area contributed by atoms with Gasteiger partial charge in [-0.1, -0.05) is 188 Å². The highest BCUT2D eigenvalue weighted by molar-refractivity contribution is 9.10. The summed E-state index contributed by atoms with van der Waals surface area (Å²) in [6.45, 7) is 4.00. The molecule has 0 fully saturated rings. The zero-order valence-corrected chi connectivity index (χ0v) is 40.3. The standard InChI is InChI=1S/C30H21NO.C18H14BrN.C12H9BO3.C2H6/c1-2-7-21(8-3-1)22-13-17-24(18-14-22)31-25-19-15-23(16-20-25)26-10-6-12-29-30(26)27-9-4-5-11-28(27)32-29;19-16-8-12-18(13-9-16)20-17-10-6-15(7-11-17)14-4-2-1-3-5-14;14-13(15)9-5-3-7-11-12(9)8-4-1-2-6-10(8)16-11;1-2/h1-20,31H;1-13,20H;1-7,14-15H;1-2H3. The molecule has 0 atom stereocenters. The Morgan fingerprint density at radius 3 is 1.17 bits per heavy atom. The van der Waals surface area contributed by atoms with Crippen LogP contribution in [0.3, 0.4) is 0 Å². The maximum atomic E-state index is 9.31. The lowest BCUT2D eigenvalue weighted by molar-refractivity contribution is 0.426. The van der Waals surface area contributed by atoms with Gasteiger partial charge >= 0.3 is 7.12 Å². The normalized spacial score (nSPS) is 10.6. The molecular formula is C62H50BBrN2O4. The summed E-state index contributed by atoms with van der Waals surface area (Å²) in [6, 6.07) is 81.9. The molecule has 0 aliphatic rings. The van der Waals surface area contributed by atoms with Crippen molar-refractivity contribution in [3.8, 4) is 33.4 Å². The smallest absolute Gasteiger partial charge is 0.456 e. The van der Waals surface area contributed by atoms with Gasteiger partial charge in [0.2, 0.25) is 0 Å².